The number of ether oxygens (including phenoxy) is 1. The van der Waals surface area contributed by atoms with Gasteiger partial charge in [-0.15, -0.1) is 0 Å². The van der Waals surface area contributed by atoms with E-state index in [1.54, 1.807) is 7.11 Å². The van der Waals surface area contributed by atoms with E-state index in [0.717, 1.165) is 11.3 Å². The second-order valence-corrected chi connectivity index (χ2v) is 5.23. The Kier molecular flexibility index (Phi) is 4.93. The number of aromatic nitrogens is 2. The summed E-state index contributed by atoms with van der Waals surface area (Å²) in [5.41, 5.74) is 0.749. The molecule has 6 heteroatoms. The van der Waals surface area contributed by atoms with Gasteiger partial charge >= 0.3 is 0 Å². The molecule has 0 bridgehead atoms. The summed E-state index contributed by atoms with van der Waals surface area (Å²) in [6, 6.07) is 8.64. The molecular formula is C16H19N3O3. The van der Waals surface area contributed by atoms with Crippen LogP contribution in [0.3, 0.4) is 0 Å². The second kappa shape index (κ2) is 6.89. The molecule has 2 aromatic rings. The van der Waals surface area contributed by atoms with Crippen LogP contribution in [0.1, 0.15) is 35.7 Å². The van der Waals surface area contributed by atoms with Crippen LogP contribution in [0.15, 0.2) is 35.1 Å². The van der Waals surface area contributed by atoms with Crippen LogP contribution in [-0.4, -0.2) is 29.0 Å². The van der Waals surface area contributed by atoms with Crippen molar-refractivity contribution in [3.05, 3.63) is 57.8 Å². The third-order valence-corrected chi connectivity index (χ3v) is 2.97. The third kappa shape index (κ3) is 4.18. The lowest BCUT2D eigenvalue weighted by Crippen LogP contribution is -2.32. The van der Waals surface area contributed by atoms with Gasteiger partial charge < -0.3 is 15.0 Å². The summed E-state index contributed by atoms with van der Waals surface area (Å²) in [5, 5.41) is 2.72. The number of aromatic amines is 1. The Hall–Kier alpha value is -2.63. The van der Waals surface area contributed by atoms with Gasteiger partial charge in [-0.2, -0.15) is 0 Å². The van der Waals surface area contributed by atoms with Crippen LogP contribution < -0.4 is 15.6 Å². The smallest absolute Gasteiger partial charge is 0.270 e. The molecule has 2 rings (SSSR count). The van der Waals surface area contributed by atoms with Crippen molar-refractivity contribution in [2.75, 3.05) is 7.11 Å². The van der Waals surface area contributed by atoms with Crippen molar-refractivity contribution >= 4 is 5.91 Å². The van der Waals surface area contributed by atoms with E-state index < -0.39 is 0 Å². The Labute approximate surface area is 128 Å². The van der Waals surface area contributed by atoms with E-state index in [-0.39, 0.29) is 23.2 Å². The predicted molar refractivity (Wildman–Crippen MR) is 83.3 cm³/mol. The summed E-state index contributed by atoms with van der Waals surface area (Å²) >= 11 is 0. The van der Waals surface area contributed by atoms with Crippen molar-refractivity contribution in [2.24, 2.45) is 0 Å². The van der Waals surface area contributed by atoms with Crippen LogP contribution in [0.4, 0.5) is 0 Å². The molecular weight excluding hydrogens is 282 g/mol. The van der Waals surface area contributed by atoms with Crippen LogP contribution in [0.25, 0.3) is 0 Å². The van der Waals surface area contributed by atoms with Gasteiger partial charge in [0.2, 0.25) is 0 Å². The average molecular weight is 301 g/mol. The van der Waals surface area contributed by atoms with Gasteiger partial charge in [-0.3, -0.25) is 9.59 Å². The van der Waals surface area contributed by atoms with Gasteiger partial charge in [0.15, 0.2) is 0 Å². The Balaban J connectivity index is 2.22. The number of carbonyl (C=O) groups is 1. The first-order chi connectivity index (χ1) is 10.5. The zero-order chi connectivity index (χ0) is 16.1. The van der Waals surface area contributed by atoms with Gasteiger partial charge in [0.25, 0.3) is 11.5 Å². The molecule has 1 heterocycles. The minimum atomic E-state index is -0.350. The lowest BCUT2D eigenvalue weighted by molar-refractivity contribution is 0.0937. The fourth-order valence-electron chi connectivity index (χ4n) is 1.98. The van der Waals surface area contributed by atoms with Gasteiger partial charge in [-0.25, -0.2) is 4.98 Å². The van der Waals surface area contributed by atoms with Gasteiger partial charge in [0.1, 0.15) is 17.3 Å². The first-order valence-electron chi connectivity index (χ1n) is 7.02. The van der Waals surface area contributed by atoms with Crippen LogP contribution in [0.2, 0.25) is 0 Å². The molecule has 0 saturated carbocycles. The first-order valence-corrected chi connectivity index (χ1v) is 7.02. The summed E-state index contributed by atoms with van der Waals surface area (Å²) in [6.07, 6.45) is 0.433. The minimum absolute atomic E-state index is 0.0152. The molecule has 0 aliphatic heterocycles. The lowest BCUT2D eigenvalue weighted by Gasteiger charge is -2.08. The maximum absolute atomic E-state index is 12.0. The minimum Gasteiger partial charge on any atom is -0.497 e. The molecule has 0 unspecified atom stereocenters. The zero-order valence-corrected chi connectivity index (χ0v) is 12.8. The quantitative estimate of drug-likeness (QED) is 0.876. The van der Waals surface area contributed by atoms with Crippen molar-refractivity contribution in [3.8, 4) is 5.75 Å². The van der Waals surface area contributed by atoms with Crippen molar-refractivity contribution < 1.29 is 9.53 Å². The number of hydrogen-bond acceptors (Lipinski definition) is 4. The summed E-state index contributed by atoms with van der Waals surface area (Å²) in [5.74, 6) is 0.860. The lowest BCUT2D eigenvalue weighted by atomic mass is 10.1. The molecule has 22 heavy (non-hydrogen) atoms. The summed E-state index contributed by atoms with van der Waals surface area (Å²) in [4.78, 5) is 30.5. The van der Waals surface area contributed by atoms with Gasteiger partial charge in [-0.1, -0.05) is 12.1 Å². The van der Waals surface area contributed by atoms with Crippen LogP contribution in [0.5, 0.6) is 5.75 Å². The highest BCUT2D eigenvalue weighted by Gasteiger charge is 2.11. The van der Waals surface area contributed by atoms with Crippen molar-refractivity contribution in [2.45, 2.75) is 26.3 Å². The van der Waals surface area contributed by atoms with Crippen molar-refractivity contribution in [1.29, 1.82) is 0 Å². The van der Waals surface area contributed by atoms with E-state index in [2.05, 4.69) is 15.3 Å². The van der Waals surface area contributed by atoms with Gasteiger partial charge in [-0.05, 0) is 31.5 Å². The highest BCUT2D eigenvalue weighted by atomic mass is 16.5. The molecule has 1 aromatic carbocycles. The number of nitrogens with one attached hydrogen (secondary N) is 2. The predicted octanol–water partition coefficient (Wildman–Crippen LogP) is 1.51. The SMILES string of the molecule is COc1ccc(Cc2nc(C(=O)NC(C)C)cc(=O)[nH]2)cc1. The average Bonchev–Trinajstić information content (AvgIpc) is 2.46. The first kappa shape index (κ1) is 15.8. The number of rotatable bonds is 5. The largest absolute Gasteiger partial charge is 0.497 e. The van der Waals surface area contributed by atoms with Crippen LogP contribution in [-0.2, 0) is 6.42 Å². The molecule has 1 amide bonds. The van der Waals surface area contributed by atoms with Gasteiger partial charge in [0.05, 0.1) is 7.11 Å². The summed E-state index contributed by atoms with van der Waals surface area (Å²) in [6.45, 7) is 3.70. The monoisotopic (exact) mass is 301 g/mol. The number of methoxy groups -OCH3 is 1. The number of H-pyrrole nitrogens is 1. The van der Waals surface area contributed by atoms with Gasteiger partial charge in [0, 0.05) is 18.5 Å². The molecule has 0 saturated heterocycles. The standard InChI is InChI=1S/C16H19N3O3/c1-10(2)17-16(21)13-9-15(20)19-14(18-13)8-11-4-6-12(22-3)7-5-11/h4-7,9-10H,8H2,1-3H3,(H,17,21)(H,18,19,20). The topological polar surface area (TPSA) is 84.1 Å². The molecule has 0 atom stereocenters. The molecule has 6 nitrogen and oxygen atoms in total. The normalized spacial score (nSPS) is 10.5. The van der Waals surface area contributed by atoms with Crippen molar-refractivity contribution in [1.82, 2.24) is 15.3 Å². The fraction of sp³-hybridized carbons (Fsp3) is 0.312. The third-order valence-electron chi connectivity index (χ3n) is 2.97. The number of benzene rings is 1. The molecule has 0 fully saturated rings. The van der Waals surface area contributed by atoms with E-state index in [9.17, 15) is 9.59 Å². The Morgan fingerprint density at radius 1 is 1.32 bits per heavy atom. The molecule has 0 aliphatic carbocycles. The molecule has 2 N–H and O–H groups in total. The van der Waals surface area contributed by atoms with Crippen molar-refractivity contribution in [3.63, 3.8) is 0 Å². The van der Waals surface area contributed by atoms with Crippen LogP contribution >= 0.6 is 0 Å². The number of hydrogen-bond donors (Lipinski definition) is 2. The maximum Gasteiger partial charge on any atom is 0.270 e. The summed E-state index contributed by atoms with van der Waals surface area (Å²) in [7, 11) is 1.60. The fourth-order valence-corrected chi connectivity index (χ4v) is 1.98. The molecule has 116 valence electrons. The number of nitrogens with zero attached hydrogens (tertiary/aromatic N) is 1. The summed E-state index contributed by atoms with van der Waals surface area (Å²) < 4.78 is 5.10. The number of amides is 1. The van der Waals surface area contributed by atoms with Crippen LogP contribution in [0, 0.1) is 0 Å². The number of carbonyl (C=O) groups excluding carboxylic acids is 1. The Morgan fingerprint density at radius 3 is 2.59 bits per heavy atom. The van der Waals surface area contributed by atoms with E-state index >= 15 is 0 Å². The zero-order valence-electron chi connectivity index (χ0n) is 12.8. The highest BCUT2D eigenvalue weighted by Crippen LogP contribution is 2.13. The maximum atomic E-state index is 12.0. The van der Waals surface area contributed by atoms with E-state index in [1.807, 2.05) is 38.1 Å². The van der Waals surface area contributed by atoms with E-state index in [1.165, 1.54) is 6.07 Å². The second-order valence-electron chi connectivity index (χ2n) is 5.23. The molecule has 0 radical (unpaired) electrons. The molecule has 1 aromatic heterocycles. The Morgan fingerprint density at radius 2 is 2.00 bits per heavy atom. The molecule has 0 spiro atoms. The highest BCUT2D eigenvalue weighted by molar-refractivity contribution is 5.92. The Bertz CT molecular complexity index is 705. The van der Waals surface area contributed by atoms with E-state index in [0.29, 0.717) is 12.2 Å². The van der Waals surface area contributed by atoms with E-state index in [4.69, 9.17) is 4.74 Å². The molecule has 0 aliphatic rings.